The summed E-state index contributed by atoms with van der Waals surface area (Å²) in [4.78, 5) is 2.28. The zero-order valence-electron chi connectivity index (χ0n) is 35.5. The Morgan fingerprint density at radius 3 is 1.20 bits per heavy atom. The summed E-state index contributed by atoms with van der Waals surface area (Å²) in [6.07, 6.45) is 28.5. The van der Waals surface area contributed by atoms with E-state index in [0.717, 1.165) is 85.9 Å². The predicted molar refractivity (Wildman–Crippen MR) is 216 cm³/mol. The van der Waals surface area contributed by atoms with Crippen LogP contribution in [0.1, 0.15) is 197 Å². The Hall–Kier alpha value is -0.120. The van der Waals surface area contributed by atoms with Crippen LogP contribution in [0.2, 0.25) is 0 Å². The van der Waals surface area contributed by atoms with E-state index in [-0.39, 0.29) is 5.79 Å². The molecular formula is C46H91NO2. The van der Waals surface area contributed by atoms with Crippen molar-refractivity contribution >= 4 is 0 Å². The van der Waals surface area contributed by atoms with Crippen molar-refractivity contribution in [1.82, 2.24) is 4.90 Å². The van der Waals surface area contributed by atoms with Gasteiger partial charge in [-0.1, -0.05) is 165 Å². The Labute approximate surface area is 309 Å². The van der Waals surface area contributed by atoms with E-state index in [9.17, 15) is 0 Å². The van der Waals surface area contributed by atoms with Gasteiger partial charge in [0.1, 0.15) is 0 Å². The molecule has 3 nitrogen and oxygen atoms in total. The van der Waals surface area contributed by atoms with Crippen LogP contribution in [-0.2, 0) is 9.47 Å². The second-order valence-corrected chi connectivity index (χ2v) is 19.5. The van der Waals surface area contributed by atoms with Gasteiger partial charge in [-0.15, -0.1) is 0 Å². The fourth-order valence-electron chi connectivity index (χ4n) is 9.48. The third kappa shape index (κ3) is 20.1. The number of hydrogen-bond acceptors (Lipinski definition) is 3. The van der Waals surface area contributed by atoms with Crippen LogP contribution in [0.3, 0.4) is 0 Å². The van der Waals surface area contributed by atoms with Crippen molar-refractivity contribution in [2.24, 2.45) is 59.2 Å². The molecule has 0 aromatic heterocycles. The first kappa shape index (κ1) is 45.0. The van der Waals surface area contributed by atoms with E-state index in [4.69, 9.17) is 9.47 Å². The molecule has 292 valence electrons. The van der Waals surface area contributed by atoms with Gasteiger partial charge in [0.2, 0.25) is 0 Å². The summed E-state index contributed by atoms with van der Waals surface area (Å²) in [5.74, 6) is 7.70. The Morgan fingerprint density at radius 1 is 0.490 bits per heavy atom. The van der Waals surface area contributed by atoms with Crippen LogP contribution in [0.4, 0.5) is 0 Å². The molecule has 1 spiro atoms. The monoisotopic (exact) mass is 690 g/mol. The first-order valence-corrected chi connectivity index (χ1v) is 22.2. The highest BCUT2D eigenvalue weighted by Crippen LogP contribution is 2.36. The van der Waals surface area contributed by atoms with E-state index in [1.165, 1.54) is 122 Å². The van der Waals surface area contributed by atoms with E-state index >= 15 is 0 Å². The molecule has 1 saturated heterocycles. The maximum absolute atomic E-state index is 6.71. The molecule has 0 bridgehead atoms. The number of nitrogens with zero attached hydrogens (tertiary/aromatic N) is 1. The van der Waals surface area contributed by atoms with Crippen molar-refractivity contribution in [2.75, 3.05) is 33.9 Å². The predicted octanol–water partition coefficient (Wildman–Crippen LogP) is 13.8. The van der Waals surface area contributed by atoms with Crippen molar-refractivity contribution in [2.45, 2.75) is 203 Å². The lowest BCUT2D eigenvalue weighted by molar-refractivity contribution is -0.292. The second kappa shape index (κ2) is 25.0. The maximum atomic E-state index is 6.71. The maximum Gasteiger partial charge on any atom is 0.168 e. The highest BCUT2D eigenvalue weighted by atomic mass is 16.7. The minimum Gasteiger partial charge on any atom is -0.350 e. The molecule has 1 aliphatic heterocycles. The Bertz CT molecular complexity index is 788. The average molecular weight is 690 g/mol. The Morgan fingerprint density at radius 2 is 0.837 bits per heavy atom. The topological polar surface area (TPSA) is 21.7 Å². The highest BCUT2D eigenvalue weighted by molar-refractivity contribution is 4.80. The van der Waals surface area contributed by atoms with Gasteiger partial charge in [-0.3, -0.25) is 0 Å². The fraction of sp³-hybridized carbons (Fsp3) is 1.00. The van der Waals surface area contributed by atoms with E-state index < -0.39 is 0 Å². The van der Waals surface area contributed by atoms with Crippen molar-refractivity contribution in [3.63, 3.8) is 0 Å². The molecule has 0 aromatic carbocycles. The van der Waals surface area contributed by atoms with Crippen molar-refractivity contribution in [3.8, 4) is 0 Å². The van der Waals surface area contributed by atoms with Crippen LogP contribution >= 0.6 is 0 Å². The van der Waals surface area contributed by atoms with Crippen LogP contribution in [0.15, 0.2) is 0 Å². The summed E-state index contributed by atoms with van der Waals surface area (Å²) in [7, 11) is 4.33. The zero-order chi connectivity index (χ0) is 36.2. The molecule has 0 aromatic rings. The van der Waals surface area contributed by atoms with Crippen LogP contribution in [0, 0.1) is 59.2 Å². The Balaban J connectivity index is 1.96. The van der Waals surface area contributed by atoms with Gasteiger partial charge in [0.05, 0.1) is 13.2 Å². The SMILES string of the molecule is CC1CCCC(C)CCCC(C)C(C(C)C)CCC(C)CCCC(C)CCCC(C)CCC2(CCC(C)CCC1)OCC(CN(C)C)CO2. The summed E-state index contributed by atoms with van der Waals surface area (Å²) >= 11 is 0. The molecule has 49 heavy (non-hydrogen) atoms. The van der Waals surface area contributed by atoms with Gasteiger partial charge >= 0.3 is 0 Å². The van der Waals surface area contributed by atoms with Gasteiger partial charge in [-0.25, -0.2) is 0 Å². The van der Waals surface area contributed by atoms with Gasteiger partial charge < -0.3 is 14.4 Å². The lowest BCUT2D eigenvalue weighted by atomic mass is 9.77. The third-order valence-corrected chi connectivity index (χ3v) is 13.3. The molecular weight excluding hydrogens is 599 g/mol. The van der Waals surface area contributed by atoms with Crippen molar-refractivity contribution < 1.29 is 9.47 Å². The first-order valence-electron chi connectivity index (χ1n) is 22.2. The molecule has 3 heteroatoms. The van der Waals surface area contributed by atoms with Crippen LogP contribution in [0.25, 0.3) is 0 Å². The normalized spacial score (nSPS) is 38.0. The van der Waals surface area contributed by atoms with Crippen molar-refractivity contribution in [1.29, 1.82) is 0 Å². The van der Waals surface area contributed by atoms with Gasteiger partial charge in [-0.05, 0) is 86.6 Å². The quantitative estimate of drug-likeness (QED) is 0.294. The van der Waals surface area contributed by atoms with Crippen LogP contribution in [0.5, 0.6) is 0 Å². The summed E-state index contributed by atoms with van der Waals surface area (Å²) < 4.78 is 13.4. The van der Waals surface area contributed by atoms with Crippen LogP contribution in [-0.4, -0.2) is 44.5 Å². The molecule has 0 radical (unpaired) electrons. The highest BCUT2D eigenvalue weighted by Gasteiger charge is 2.38. The first-order chi connectivity index (χ1) is 23.3. The van der Waals surface area contributed by atoms with E-state index in [0.29, 0.717) is 5.92 Å². The second-order valence-electron chi connectivity index (χ2n) is 19.5. The van der Waals surface area contributed by atoms with Gasteiger partial charge in [0, 0.05) is 25.3 Å². The summed E-state index contributed by atoms with van der Waals surface area (Å²) in [5, 5.41) is 0. The number of ether oxygens (including phenoxy) is 2. The molecule has 2 aliphatic rings. The fourth-order valence-corrected chi connectivity index (χ4v) is 9.48. The lowest BCUT2D eigenvalue weighted by Gasteiger charge is -2.42. The minimum atomic E-state index is -0.354. The van der Waals surface area contributed by atoms with Gasteiger partial charge in [0.25, 0.3) is 0 Å². The van der Waals surface area contributed by atoms with E-state index in [1.54, 1.807) is 0 Å². The molecule has 2 fully saturated rings. The summed E-state index contributed by atoms with van der Waals surface area (Å²) in [6, 6.07) is 0. The largest absolute Gasteiger partial charge is 0.350 e. The standard InChI is InChI=1S/C46H91NO2/c1-36(2)45-28-27-40(6)22-13-19-38(4)21-15-24-42(8)30-32-46(48-34-44(35-49-46)33-47(10)11)31-29-41(7)23-14-20-37(3)17-12-18-39(5)25-16-26-43(45)9/h36-45H,12-35H2,1-11H3. The van der Waals surface area contributed by atoms with Crippen molar-refractivity contribution in [3.05, 3.63) is 0 Å². The molecule has 1 aliphatic carbocycles. The summed E-state index contributed by atoms with van der Waals surface area (Å²) in [6.45, 7) is 25.4. The molecule has 0 amide bonds. The molecule has 1 heterocycles. The minimum absolute atomic E-state index is 0.354. The van der Waals surface area contributed by atoms with Gasteiger partial charge in [0.15, 0.2) is 5.79 Å². The Kier molecular flexibility index (Phi) is 23.0. The molecule has 8 unspecified atom stereocenters. The average Bonchev–Trinajstić information content (AvgIpc) is 3.03. The number of rotatable bonds is 3. The zero-order valence-corrected chi connectivity index (χ0v) is 35.5. The third-order valence-electron chi connectivity index (χ3n) is 13.3. The summed E-state index contributed by atoms with van der Waals surface area (Å²) in [5.41, 5.74) is 0. The van der Waals surface area contributed by atoms with E-state index in [1.807, 2.05) is 0 Å². The van der Waals surface area contributed by atoms with Crippen LogP contribution < -0.4 is 0 Å². The lowest BCUT2D eigenvalue weighted by Crippen LogP contribution is -2.47. The molecule has 1 saturated carbocycles. The molecule has 8 atom stereocenters. The molecule has 0 N–H and O–H groups in total. The van der Waals surface area contributed by atoms with Gasteiger partial charge in [-0.2, -0.15) is 0 Å². The number of hydrogen-bond donors (Lipinski definition) is 0. The molecule has 2 rings (SSSR count). The smallest absolute Gasteiger partial charge is 0.168 e. The van der Waals surface area contributed by atoms with E-state index in [2.05, 4.69) is 81.3 Å².